The van der Waals surface area contributed by atoms with E-state index in [2.05, 4.69) is 38.5 Å². The standard InChI is InChI=1S/C23H23BrN2O3/c1-15-21(16(2)29-26-15)14-28-20-9-3-17(4-10-20)13-22(27)25-23(11-12-23)18-5-7-19(24)8-6-18/h3-10H,11-14H2,1-2H3,(H,25,27). The van der Waals surface area contributed by atoms with Gasteiger partial charge < -0.3 is 14.6 Å². The zero-order valence-electron chi connectivity index (χ0n) is 16.5. The van der Waals surface area contributed by atoms with E-state index >= 15 is 0 Å². The molecule has 1 fully saturated rings. The van der Waals surface area contributed by atoms with Gasteiger partial charge in [0, 0.05) is 4.47 Å². The number of nitrogens with zero attached hydrogens (tertiary/aromatic N) is 1. The van der Waals surface area contributed by atoms with Gasteiger partial charge in [0.1, 0.15) is 18.1 Å². The Hall–Kier alpha value is -2.60. The molecule has 1 amide bonds. The summed E-state index contributed by atoms with van der Waals surface area (Å²) in [4.78, 5) is 12.6. The number of nitrogens with one attached hydrogen (secondary N) is 1. The van der Waals surface area contributed by atoms with Gasteiger partial charge in [0.2, 0.25) is 5.91 Å². The van der Waals surface area contributed by atoms with Crippen LogP contribution in [0.5, 0.6) is 5.75 Å². The smallest absolute Gasteiger partial charge is 0.225 e. The van der Waals surface area contributed by atoms with Crippen molar-refractivity contribution in [1.29, 1.82) is 0 Å². The van der Waals surface area contributed by atoms with Crippen LogP contribution in [0.4, 0.5) is 0 Å². The van der Waals surface area contributed by atoms with Crippen molar-refractivity contribution in [3.05, 3.63) is 81.1 Å². The Balaban J connectivity index is 1.33. The minimum Gasteiger partial charge on any atom is -0.489 e. The molecule has 1 aromatic heterocycles. The lowest BCUT2D eigenvalue weighted by atomic mass is 10.0. The first kappa shape index (κ1) is 19.7. The lowest BCUT2D eigenvalue weighted by molar-refractivity contribution is -0.121. The van der Waals surface area contributed by atoms with Gasteiger partial charge in [0.25, 0.3) is 0 Å². The first-order valence-corrected chi connectivity index (χ1v) is 10.4. The molecule has 0 atom stereocenters. The summed E-state index contributed by atoms with van der Waals surface area (Å²) in [6.45, 7) is 4.19. The van der Waals surface area contributed by atoms with Crippen LogP contribution in [0.25, 0.3) is 0 Å². The summed E-state index contributed by atoms with van der Waals surface area (Å²) >= 11 is 3.46. The molecular formula is C23H23BrN2O3. The first-order chi connectivity index (χ1) is 13.9. The Labute approximate surface area is 178 Å². The average Bonchev–Trinajstić information content (AvgIpc) is 3.41. The van der Waals surface area contributed by atoms with Crippen LogP contribution in [0, 0.1) is 13.8 Å². The third-order valence-corrected chi connectivity index (χ3v) is 5.91. The number of carbonyl (C=O) groups excluding carboxylic acids is 1. The zero-order valence-corrected chi connectivity index (χ0v) is 18.1. The maximum Gasteiger partial charge on any atom is 0.225 e. The zero-order chi connectivity index (χ0) is 20.4. The van der Waals surface area contributed by atoms with E-state index in [-0.39, 0.29) is 11.4 Å². The second-order valence-electron chi connectivity index (χ2n) is 7.55. The molecule has 29 heavy (non-hydrogen) atoms. The van der Waals surface area contributed by atoms with E-state index < -0.39 is 0 Å². The van der Waals surface area contributed by atoms with E-state index in [0.29, 0.717) is 13.0 Å². The lowest BCUT2D eigenvalue weighted by Crippen LogP contribution is -2.35. The van der Waals surface area contributed by atoms with Gasteiger partial charge in [-0.1, -0.05) is 45.4 Å². The third-order valence-electron chi connectivity index (χ3n) is 5.38. The molecule has 1 N–H and O–H groups in total. The Morgan fingerprint density at radius 3 is 2.41 bits per heavy atom. The summed E-state index contributed by atoms with van der Waals surface area (Å²) < 4.78 is 12.0. The molecule has 1 saturated carbocycles. The van der Waals surface area contributed by atoms with Crippen LogP contribution in [0.2, 0.25) is 0 Å². The Morgan fingerprint density at radius 2 is 1.83 bits per heavy atom. The SMILES string of the molecule is Cc1noc(C)c1COc1ccc(CC(=O)NC2(c3ccc(Br)cc3)CC2)cc1. The largest absolute Gasteiger partial charge is 0.489 e. The van der Waals surface area contributed by atoms with Gasteiger partial charge >= 0.3 is 0 Å². The maximum absolute atomic E-state index is 12.6. The van der Waals surface area contributed by atoms with Crippen molar-refractivity contribution < 1.29 is 14.1 Å². The number of benzene rings is 2. The fourth-order valence-corrected chi connectivity index (χ4v) is 3.71. The van der Waals surface area contributed by atoms with E-state index in [1.54, 1.807) is 0 Å². The molecule has 0 aliphatic heterocycles. The van der Waals surface area contributed by atoms with Crippen molar-refractivity contribution in [3.8, 4) is 5.75 Å². The van der Waals surface area contributed by atoms with Crippen LogP contribution >= 0.6 is 15.9 Å². The molecular weight excluding hydrogens is 432 g/mol. The van der Waals surface area contributed by atoms with Crippen LogP contribution in [0.1, 0.15) is 41.0 Å². The minimum absolute atomic E-state index is 0.0369. The maximum atomic E-state index is 12.6. The second-order valence-corrected chi connectivity index (χ2v) is 8.46. The predicted molar refractivity (Wildman–Crippen MR) is 114 cm³/mol. The van der Waals surface area contributed by atoms with Crippen LogP contribution in [0.15, 0.2) is 57.5 Å². The molecule has 150 valence electrons. The van der Waals surface area contributed by atoms with Crippen molar-refractivity contribution in [3.63, 3.8) is 0 Å². The molecule has 4 rings (SSSR count). The van der Waals surface area contributed by atoms with E-state index in [4.69, 9.17) is 9.26 Å². The van der Waals surface area contributed by atoms with Crippen molar-refractivity contribution in [2.24, 2.45) is 0 Å². The molecule has 6 heteroatoms. The van der Waals surface area contributed by atoms with Gasteiger partial charge in [0.15, 0.2) is 0 Å². The molecule has 0 bridgehead atoms. The highest BCUT2D eigenvalue weighted by Gasteiger charge is 2.45. The van der Waals surface area contributed by atoms with Crippen molar-refractivity contribution in [2.75, 3.05) is 0 Å². The molecule has 0 radical (unpaired) electrons. The van der Waals surface area contributed by atoms with Crippen LogP contribution in [0.3, 0.4) is 0 Å². The van der Waals surface area contributed by atoms with Crippen molar-refractivity contribution in [1.82, 2.24) is 10.5 Å². The van der Waals surface area contributed by atoms with E-state index in [1.165, 1.54) is 0 Å². The summed E-state index contributed by atoms with van der Waals surface area (Å²) in [6.07, 6.45) is 2.31. The number of carbonyl (C=O) groups is 1. The van der Waals surface area contributed by atoms with Crippen LogP contribution in [-0.4, -0.2) is 11.1 Å². The molecule has 1 aliphatic carbocycles. The summed E-state index contributed by atoms with van der Waals surface area (Å²) in [5, 5.41) is 7.15. The predicted octanol–water partition coefficient (Wildman–Crippen LogP) is 4.98. The highest BCUT2D eigenvalue weighted by atomic mass is 79.9. The summed E-state index contributed by atoms with van der Waals surface area (Å²) in [6, 6.07) is 15.8. The molecule has 0 spiro atoms. The fourth-order valence-electron chi connectivity index (χ4n) is 3.44. The molecule has 1 aliphatic rings. The Morgan fingerprint density at radius 1 is 1.14 bits per heavy atom. The molecule has 3 aromatic rings. The number of rotatable bonds is 7. The highest BCUT2D eigenvalue weighted by Crippen LogP contribution is 2.45. The Kier molecular flexibility index (Phi) is 5.46. The number of aryl methyl sites for hydroxylation is 2. The van der Waals surface area contributed by atoms with Crippen molar-refractivity contribution in [2.45, 2.75) is 45.3 Å². The van der Waals surface area contributed by atoms with Crippen LogP contribution in [-0.2, 0) is 23.4 Å². The number of ether oxygens (including phenoxy) is 1. The van der Waals surface area contributed by atoms with Gasteiger partial charge in [-0.05, 0) is 62.1 Å². The quantitative estimate of drug-likeness (QED) is 0.546. The number of halogens is 1. The average molecular weight is 455 g/mol. The van der Waals surface area contributed by atoms with E-state index in [1.807, 2.05) is 50.2 Å². The number of amides is 1. The van der Waals surface area contributed by atoms with E-state index in [0.717, 1.165) is 51.2 Å². The molecule has 0 saturated heterocycles. The van der Waals surface area contributed by atoms with Gasteiger partial charge in [-0.15, -0.1) is 0 Å². The number of hydrogen-bond donors (Lipinski definition) is 1. The van der Waals surface area contributed by atoms with E-state index in [9.17, 15) is 4.79 Å². The highest BCUT2D eigenvalue weighted by molar-refractivity contribution is 9.10. The number of aromatic nitrogens is 1. The Bertz CT molecular complexity index is 986. The molecule has 5 nitrogen and oxygen atoms in total. The molecule has 2 aromatic carbocycles. The summed E-state index contributed by atoms with van der Waals surface area (Å²) in [5.41, 5.74) is 3.73. The van der Waals surface area contributed by atoms with Gasteiger partial charge in [-0.3, -0.25) is 4.79 Å². The summed E-state index contributed by atoms with van der Waals surface area (Å²) in [5.74, 6) is 1.56. The van der Waals surface area contributed by atoms with Crippen molar-refractivity contribution >= 4 is 21.8 Å². The topological polar surface area (TPSA) is 64.4 Å². The lowest BCUT2D eigenvalue weighted by Gasteiger charge is -2.18. The van der Waals surface area contributed by atoms with Gasteiger partial charge in [-0.25, -0.2) is 0 Å². The normalized spacial score (nSPS) is 14.4. The first-order valence-electron chi connectivity index (χ1n) is 9.66. The molecule has 1 heterocycles. The molecule has 0 unspecified atom stereocenters. The third kappa shape index (κ3) is 4.53. The second kappa shape index (κ2) is 8.03. The van der Waals surface area contributed by atoms with Gasteiger partial charge in [-0.2, -0.15) is 0 Å². The fraction of sp³-hybridized carbons (Fsp3) is 0.304. The van der Waals surface area contributed by atoms with Gasteiger partial charge in [0.05, 0.1) is 23.2 Å². The monoisotopic (exact) mass is 454 g/mol. The summed E-state index contributed by atoms with van der Waals surface area (Å²) in [7, 11) is 0. The minimum atomic E-state index is -0.199. The van der Waals surface area contributed by atoms with Crippen LogP contribution < -0.4 is 10.1 Å². The number of hydrogen-bond acceptors (Lipinski definition) is 4.